The third-order valence-corrected chi connectivity index (χ3v) is 5.03. The van der Waals surface area contributed by atoms with Gasteiger partial charge in [0.1, 0.15) is 11.2 Å². The van der Waals surface area contributed by atoms with Crippen molar-refractivity contribution in [1.82, 2.24) is 10.6 Å². The zero-order valence-electron chi connectivity index (χ0n) is 13.8. The van der Waals surface area contributed by atoms with Crippen LogP contribution in [-0.4, -0.2) is 42.7 Å². The van der Waals surface area contributed by atoms with E-state index in [4.69, 9.17) is 36.6 Å². The molecule has 0 unspecified atom stereocenters. The number of rotatable bonds is 12. The Labute approximate surface area is 166 Å². The molecule has 27 heavy (non-hydrogen) atoms. The zero-order valence-corrected chi connectivity index (χ0v) is 17.1. The second kappa shape index (κ2) is 44.8. The number of hydrogen-bond donors (Lipinski definition) is 2. The maximum Gasteiger partial charge on any atom is 0.220 e. The first-order chi connectivity index (χ1) is 13.2. The normalized spacial score (nSPS) is 8.07. The highest BCUT2D eigenvalue weighted by Gasteiger charge is 2.04. The lowest BCUT2D eigenvalue weighted by Gasteiger charge is -2.05. The predicted molar refractivity (Wildman–Crippen MR) is 95.9 cm³/mol. The average molecular weight is 499 g/mol. The van der Waals surface area contributed by atoms with Crippen molar-refractivity contribution < 1.29 is 50.1 Å². The maximum atomic E-state index is 11.7. The Morgan fingerprint density at radius 3 is 1.44 bits per heavy atom. The van der Waals surface area contributed by atoms with E-state index in [0.29, 0.717) is 38.1 Å². The first kappa shape index (κ1) is 37.5. The number of carbonyl (C=O) groups excluding carboxylic acids is 2. The van der Waals surface area contributed by atoms with Crippen molar-refractivity contribution in [3.05, 3.63) is 0 Å². The van der Waals surface area contributed by atoms with E-state index in [1.807, 2.05) is 6.26 Å². The molecule has 0 aromatic carbocycles. The quantitative estimate of drug-likeness (QED) is 0.195. The van der Waals surface area contributed by atoms with Crippen LogP contribution in [0.15, 0.2) is 0 Å². The lowest BCUT2D eigenvalue weighted by molar-refractivity contribution is -0.122. The van der Waals surface area contributed by atoms with Gasteiger partial charge in [0, 0.05) is 74.0 Å². The van der Waals surface area contributed by atoms with Gasteiger partial charge in [-0.25, -0.2) is 0 Å². The van der Waals surface area contributed by atoms with Gasteiger partial charge in [-0.2, -0.15) is 3.89 Å². The molecule has 17 heteroatoms. The standard InChI is InChI=1S/C10H19FN2O2S4.4F2/c1-16-17-7-5-12-9(14)3-2-4-10(15)13-6-8-18-19-11;4*1-2/h2-8H2,1H3,(H,12,14)(H,13,15);;;;. The molecule has 0 spiro atoms. The summed E-state index contributed by atoms with van der Waals surface area (Å²) < 4.78 is 75.7. The van der Waals surface area contributed by atoms with Gasteiger partial charge in [-0.1, -0.05) is 32.4 Å². The Hall–Kier alpha value is -0.290. The lowest BCUT2D eigenvalue weighted by Crippen LogP contribution is -2.27. The zero-order chi connectivity index (χ0) is 22.3. The summed E-state index contributed by atoms with van der Waals surface area (Å²) in [6, 6.07) is 0. The summed E-state index contributed by atoms with van der Waals surface area (Å²) in [4.78, 5) is 22.7. The maximum absolute atomic E-state index is 11.7. The van der Waals surface area contributed by atoms with E-state index < -0.39 is 0 Å². The van der Waals surface area contributed by atoms with E-state index in [1.165, 1.54) is 0 Å². The summed E-state index contributed by atoms with van der Waals surface area (Å²) in [5.74, 6) is 1.33. The molecule has 0 aliphatic rings. The Balaban J connectivity index is -0.000000177. The minimum Gasteiger partial charge on any atom is -0.355 e. The fourth-order valence-electron chi connectivity index (χ4n) is 1.17. The van der Waals surface area contributed by atoms with Crippen LogP contribution in [0.3, 0.4) is 0 Å². The van der Waals surface area contributed by atoms with Crippen LogP contribution in [0.25, 0.3) is 0 Å². The molecule has 0 atom stereocenters. The van der Waals surface area contributed by atoms with Crippen molar-refractivity contribution in [3.63, 3.8) is 0 Å². The van der Waals surface area contributed by atoms with Crippen LogP contribution < -0.4 is 10.6 Å². The SMILES string of the molecule is CSSCCNC(=O)CCCC(=O)NCCSSF.FF.FF.FF.FF. The van der Waals surface area contributed by atoms with Gasteiger partial charge in [-0.15, -0.1) is 0 Å². The first-order valence-corrected chi connectivity index (χ1v) is 11.3. The number of halogens is 9. The molecule has 0 saturated heterocycles. The number of carbonyl (C=O) groups is 2. The molecule has 2 N–H and O–H groups in total. The van der Waals surface area contributed by atoms with Crippen LogP contribution in [0.5, 0.6) is 0 Å². The molecule has 2 amide bonds. The molecule has 4 nitrogen and oxygen atoms in total. The van der Waals surface area contributed by atoms with Crippen LogP contribution in [0.2, 0.25) is 0 Å². The summed E-state index contributed by atoms with van der Waals surface area (Å²) in [6.07, 6.45) is 3.24. The van der Waals surface area contributed by atoms with Gasteiger partial charge in [-0.3, -0.25) is 9.59 Å². The van der Waals surface area contributed by atoms with Gasteiger partial charge in [0.2, 0.25) is 11.8 Å². The van der Waals surface area contributed by atoms with E-state index in [-0.39, 0.29) is 23.0 Å². The molecule has 0 aliphatic carbocycles. The van der Waals surface area contributed by atoms with Crippen LogP contribution in [-0.2, 0) is 9.59 Å². The third kappa shape index (κ3) is 46.1. The molecule has 0 bridgehead atoms. The minimum absolute atomic E-state index is 0.0149. The van der Waals surface area contributed by atoms with Crippen LogP contribution >= 0.6 is 43.6 Å². The van der Waals surface area contributed by atoms with Crippen molar-refractivity contribution in [2.24, 2.45) is 0 Å². The highest BCUT2D eigenvalue weighted by molar-refractivity contribution is 8.76. The molecule has 0 saturated carbocycles. The van der Waals surface area contributed by atoms with Crippen LogP contribution in [0.4, 0.5) is 40.5 Å². The molecule has 0 fully saturated rings. The Bertz CT molecular complexity index is 255. The molecular formula is C10H19F9N2O2S4. The second-order valence-corrected chi connectivity index (χ2v) is 7.97. The molecule has 0 aromatic heterocycles. The third-order valence-electron chi connectivity index (χ3n) is 1.99. The monoisotopic (exact) mass is 498 g/mol. The van der Waals surface area contributed by atoms with E-state index >= 15 is 0 Å². The van der Waals surface area contributed by atoms with Crippen LogP contribution in [0, 0.1) is 0 Å². The summed E-state index contributed by atoms with van der Waals surface area (Å²) in [5, 5.41) is 5.47. The summed E-state index contributed by atoms with van der Waals surface area (Å²) in [7, 11) is 4.43. The lowest BCUT2D eigenvalue weighted by atomic mass is 10.2. The van der Waals surface area contributed by atoms with Crippen molar-refractivity contribution >= 4 is 55.4 Å². The largest absolute Gasteiger partial charge is 0.355 e. The smallest absolute Gasteiger partial charge is 0.220 e. The highest BCUT2D eigenvalue weighted by Crippen LogP contribution is 2.20. The molecular weight excluding hydrogens is 479 g/mol. The van der Waals surface area contributed by atoms with Crippen molar-refractivity contribution in [1.29, 1.82) is 0 Å². The average Bonchev–Trinajstić information content (AvgIpc) is 2.74. The predicted octanol–water partition coefficient (Wildman–Crippen LogP) is 6.03. The van der Waals surface area contributed by atoms with E-state index in [2.05, 4.69) is 10.6 Å². The van der Waals surface area contributed by atoms with Gasteiger partial charge in [0.15, 0.2) is 0 Å². The van der Waals surface area contributed by atoms with Gasteiger partial charge in [0.05, 0.1) is 0 Å². The number of nitrogens with one attached hydrogen (secondary N) is 2. The molecule has 168 valence electrons. The van der Waals surface area contributed by atoms with E-state index in [9.17, 15) is 13.5 Å². The number of amides is 2. The fourth-order valence-corrected chi connectivity index (χ4v) is 2.95. The van der Waals surface area contributed by atoms with Gasteiger partial charge >= 0.3 is 0 Å². The van der Waals surface area contributed by atoms with E-state index in [0.717, 1.165) is 16.5 Å². The van der Waals surface area contributed by atoms with Crippen molar-refractivity contribution in [2.45, 2.75) is 19.3 Å². The summed E-state index contributed by atoms with van der Waals surface area (Å²) >= 11 is 0.195. The molecule has 0 aliphatic heterocycles. The Morgan fingerprint density at radius 1 is 0.741 bits per heavy atom. The summed E-state index contributed by atoms with van der Waals surface area (Å²) in [6.45, 7) is 1.12. The number of hydrogen-bond acceptors (Lipinski definition) is 6. The molecule has 0 rings (SSSR count). The highest BCUT2D eigenvalue weighted by atomic mass is 33.1. The summed E-state index contributed by atoms with van der Waals surface area (Å²) in [5.41, 5.74) is 0. The van der Waals surface area contributed by atoms with Gasteiger partial charge < -0.3 is 10.6 Å². The molecule has 0 aromatic rings. The molecule has 0 radical (unpaired) electrons. The van der Waals surface area contributed by atoms with Gasteiger partial charge in [0.25, 0.3) is 0 Å². The fraction of sp³-hybridized carbons (Fsp3) is 0.800. The Kier molecular flexibility index (Phi) is 62.2. The second-order valence-electron chi connectivity index (χ2n) is 3.43. The topological polar surface area (TPSA) is 58.2 Å². The van der Waals surface area contributed by atoms with Crippen molar-refractivity contribution in [3.8, 4) is 0 Å². The first-order valence-electron chi connectivity index (χ1n) is 6.37. The van der Waals surface area contributed by atoms with Crippen molar-refractivity contribution in [2.75, 3.05) is 30.9 Å². The van der Waals surface area contributed by atoms with Crippen LogP contribution in [0.1, 0.15) is 19.3 Å². The minimum atomic E-state index is -0.0878. The molecule has 0 heterocycles. The van der Waals surface area contributed by atoms with Gasteiger partial charge in [-0.05, 0) is 12.7 Å². The Morgan fingerprint density at radius 2 is 1.11 bits per heavy atom. The van der Waals surface area contributed by atoms with E-state index in [1.54, 1.807) is 21.6 Å².